The number of rotatable bonds is 3. The van der Waals surface area contributed by atoms with Gasteiger partial charge in [-0.2, -0.15) is 0 Å². The molecular weight excluding hydrogens is 376 g/mol. The van der Waals surface area contributed by atoms with Crippen LogP contribution in [0.1, 0.15) is 43.2 Å². The topological polar surface area (TPSA) is 64.0 Å². The summed E-state index contributed by atoms with van der Waals surface area (Å²) in [6.07, 6.45) is 5.56. The summed E-state index contributed by atoms with van der Waals surface area (Å²) in [5.74, 6) is 0.963. The van der Waals surface area contributed by atoms with Gasteiger partial charge in [0.15, 0.2) is 0 Å². The smallest absolute Gasteiger partial charge is 0.237 e. The molecule has 2 aliphatic carbocycles. The van der Waals surface area contributed by atoms with Crippen molar-refractivity contribution in [2.75, 3.05) is 32.1 Å². The molecule has 1 aromatic rings. The normalized spacial score (nSPS) is 35.1. The van der Waals surface area contributed by atoms with Crippen molar-refractivity contribution >= 4 is 17.5 Å². The highest BCUT2D eigenvalue weighted by molar-refractivity contribution is 6.27. The Morgan fingerprint density at radius 1 is 1.18 bits per heavy atom. The standard InChI is InChI=1S/C22H29ClN2O3/c23-13-20(27)24-8-5-21-6-9-25(14-15-1-2-15)19(22(21,28)7-10-24)11-16-3-4-17(26)12-18(16)21/h3-4,12,15,19,26,28H,1-2,5-11,13-14H2/t19?,21-,22+/m0/s1. The molecule has 4 aliphatic rings. The van der Waals surface area contributed by atoms with Gasteiger partial charge in [0.1, 0.15) is 11.6 Å². The number of fused-ring (bicyclic) bond motifs is 1. The Kier molecular flexibility index (Phi) is 4.42. The maximum absolute atomic E-state index is 12.3. The van der Waals surface area contributed by atoms with E-state index in [-0.39, 0.29) is 23.6 Å². The quantitative estimate of drug-likeness (QED) is 0.758. The van der Waals surface area contributed by atoms with Crippen molar-refractivity contribution in [2.45, 2.75) is 55.6 Å². The number of aromatic hydroxyl groups is 1. The zero-order chi connectivity index (χ0) is 19.5. The van der Waals surface area contributed by atoms with Gasteiger partial charge >= 0.3 is 0 Å². The van der Waals surface area contributed by atoms with Crippen molar-refractivity contribution in [3.63, 3.8) is 0 Å². The number of hydrogen-bond acceptors (Lipinski definition) is 4. The molecule has 5 nitrogen and oxygen atoms in total. The maximum atomic E-state index is 12.3. The van der Waals surface area contributed by atoms with E-state index < -0.39 is 11.0 Å². The molecule has 152 valence electrons. The molecule has 3 atom stereocenters. The zero-order valence-corrected chi connectivity index (χ0v) is 17.0. The van der Waals surface area contributed by atoms with E-state index in [0.717, 1.165) is 43.8 Å². The van der Waals surface area contributed by atoms with Crippen molar-refractivity contribution in [2.24, 2.45) is 5.92 Å². The van der Waals surface area contributed by atoms with Crippen LogP contribution in [0.5, 0.6) is 5.75 Å². The Bertz CT molecular complexity index is 798. The van der Waals surface area contributed by atoms with Gasteiger partial charge in [-0.1, -0.05) is 6.07 Å². The highest BCUT2D eigenvalue weighted by atomic mass is 35.5. The van der Waals surface area contributed by atoms with Crippen LogP contribution in [0.4, 0.5) is 0 Å². The van der Waals surface area contributed by atoms with Gasteiger partial charge in [-0.05, 0) is 74.2 Å². The number of benzene rings is 1. The van der Waals surface area contributed by atoms with Crippen LogP contribution in [0.3, 0.4) is 0 Å². The van der Waals surface area contributed by atoms with Gasteiger partial charge in [-0.3, -0.25) is 9.69 Å². The highest BCUT2D eigenvalue weighted by Crippen LogP contribution is 2.56. The van der Waals surface area contributed by atoms with Gasteiger partial charge in [0.05, 0.1) is 5.60 Å². The number of phenolic OH excluding ortho intramolecular Hbond substituents is 1. The number of likely N-dealkylation sites (tertiary alicyclic amines) is 2. The van der Waals surface area contributed by atoms with Gasteiger partial charge < -0.3 is 15.1 Å². The van der Waals surface area contributed by atoms with Crippen LogP contribution < -0.4 is 0 Å². The predicted octanol–water partition coefficient (Wildman–Crippen LogP) is 2.26. The van der Waals surface area contributed by atoms with E-state index in [0.29, 0.717) is 19.5 Å². The molecule has 1 aromatic carbocycles. The molecule has 1 amide bonds. The fourth-order valence-electron chi connectivity index (χ4n) is 6.20. The van der Waals surface area contributed by atoms with E-state index in [1.165, 1.54) is 18.4 Å². The highest BCUT2D eigenvalue weighted by Gasteiger charge is 2.63. The van der Waals surface area contributed by atoms with Crippen molar-refractivity contribution in [3.8, 4) is 5.75 Å². The Labute approximate surface area is 171 Å². The number of alkyl halides is 1. The van der Waals surface area contributed by atoms with Crippen LogP contribution in [-0.4, -0.2) is 69.6 Å². The molecule has 2 saturated heterocycles. The Morgan fingerprint density at radius 3 is 2.68 bits per heavy atom. The number of piperidine rings is 1. The van der Waals surface area contributed by atoms with Crippen LogP contribution >= 0.6 is 11.6 Å². The number of aliphatic hydroxyl groups is 1. The predicted molar refractivity (Wildman–Crippen MR) is 108 cm³/mol. The summed E-state index contributed by atoms with van der Waals surface area (Å²) in [5, 5.41) is 22.5. The molecule has 2 aliphatic heterocycles. The first kappa shape index (κ1) is 18.7. The first-order valence-electron chi connectivity index (χ1n) is 10.6. The number of hydrogen-bond donors (Lipinski definition) is 2. The van der Waals surface area contributed by atoms with Crippen LogP contribution in [0, 0.1) is 5.92 Å². The molecule has 0 spiro atoms. The summed E-state index contributed by atoms with van der Waals surface area (Å²) in [7, 11) is 0. The molecule has 3 fully saturated rings. The molecule has 1 saturated carbocycles. The summed E-state index contributed by atoms with van der Waals surface area (Å²) in [6, 6.07) is 5.74. The van der Waals surface area contributed by atoms with Gasteiger partial charge in [-0.25, -0.2) is 0 Å². The lowest BCUT2D eigenvalue weighted by Gasteiger charge is -2.61. The van der Waals surface area contributed by atoms with Crippen molar-refractivity contribution in [1.82, 2.24) is 9.80 Å². The number of nitrogens with zero attached hydrogens (tertiary/aromatic N) is 2. The van der Waals surface area contributed by atoms with E-state index in [9.17, 15) is 15.0 Å². The molecule has 6 heteroatoms. The molecular formula is C22H29ClN2O3. The third-order valence-electron chi connectivity index (χ3n) is 7.90. The average molecular weight is 405 g/mol. The number of carbonyl (C=O) groups excluding carboxylic acids is 1. The Hall–Kier alpha value is -1.30. The number of phenols is 1. The third-order valence-corrected chi connectivity index (χ3v) is 8.13. The number of carbonyl (C=O) groups is 1. The van der Waals surface area contributed by atoms with Crippen LogP contribution in [0.2, 0.25) is 0 Å². The van der Waals surface area contributed by atoms with Crippen LogP contribution in [0.25, 0.3) is 0 Å². The minimum absolute atomic E-state index is 0.0139. The van der Waals surface area contributed by atoms with E-state index in [4.69, 9.17) is 11.6 Å². The van der Waals surface area contributed by atoms with Gasteiger partial charge in [0.25, 0.3) is 0 Å². The fourth-order valence-corrected chi connectivity index (χ4v) is 6.37. The zero-order valence-electron chi connectivity index (χ0n) is 16.2. The molecule has 2 heterocycles. The van der Waals surface area contributed by atoms with Gasteiger partial charge in [0, 0.05) is 31.1 Å². The monoisotopic (exact) mass is 404 g/mol. The van der Waals surface area contributed by atoms with Crippen molar-refractivity contribution in [3.05, 3.63) is 29.3 Å². The van der Waals surface area contributed by atoms with E-state index in [2.05, 4.69) is 4.90 Å². The molecule has 2 N–H and O–H groups in total. The summed E-state index contributed by atoms with van der Waals surface area (Å²) in [4.78, 5) is 16.6. The van der Waals surface area contributed by atoms with E-state index in [1.54, 1.807) is 6.07 Å². The largest absolute Gasteiger partial charge is 0.508 e. The number of amides is 1. The van der Waals surface area contributed by atoms with Crippen molar-refractivity contribution < 1.29 is 15.0 Å². The first-order chi connectivity index (χ1) is 13.5. The molecule has 28 heavy (non-hydrogen) atoms. The van der Waals surface area contributed by atoms with E-state index >= 15 is 0 Å². The molecule has 0 aromatic heterocycles. The Morgan fingerprint density at radius 2 is 1.93 bits per heavy atom. The first-order valence-corrected chi connectivity index (χ1v) is 11.1. The summed E-state index contributed by atoms with van der Waals surface area (Å²) in [5.41, 5.74) is 1.04. The van der Waals surface area contributed by atoms with Gasteiger partial charge in [0.2, 0.25) is 5.91 Å². The second-order valence-electron chi connectivity index (χ2n) is 9.27. The molecule has 1 unspecified atom stereocenters. The lowest BCUT2D eigenvalue weighted by atomic mass is 9.52. The summed E-state index contributed by atoms with van der Waals surface area (Å²) in [6.45, 7) is 3.20. The van der Waals surface area contributed by atoms with Crippen molar-refractivity contribution in [1.29, 1.82) is 0 Å². The average Bonchev–Trinajstić information content (AvgIpc) is 3.50. The van der Waals surface area contributed by atoms with Crippen LogP contribution in [-0.2, 0) is 16.6 Å². The van der Waals surface area contributed by atoms with Crippen LogP contribution in [0.15, 0.2) is 18.2 Å². The van der Waals surface area contributed by atoms with Gasteiger partial charge in [-0.15, -0.1) is 11.6 Å². The molecule has 5 rings (SSSR count). The SMILES string of the molecule is O=C(CCl)N1CC[C@]23CCN(CC4CC4)C(Cc4ccc(O)cc42)[C@]3(O)CC1. The number of halogens is 1. The second-order valence-corrected chi connectivity index (χ2v) is 9.54. The maximum Gasteiger partial charge on any atom is 0.237 e. The van der Waals surface area contributed by atoms with E-state index in [1.807, 2.05) is 17.0 Å². The minimum Gasteiger partial charge on any atom is -0.508 e. The second kappa shape index (κ2) is 6.61. The lowest BCUT2D eigenvalue weighted by Crippen LogP contribution is -2.71. The molecule has 2 bridgehead atoms. The minimum atomic E-state index is -0.887. The molecule has 0 radical (unpaired) electrons. The lowest BCUT2D eigenvalue weighted by molar-refractivity contribution is -0.149. The summed E-state index contributed by atoms with van der Waals surface area (Å²) >= 11 is 5.83. The third kappa shape index (κ3) is 2.70. The fraction of sp³-hybridized carbons (Fsp3) is 0.682. The summed E-state index contributed by atoms with van der Waals surface area (Å²) < 4.78 is 0. The Balaban J connectivity index is 1.59.